The number of nitriles is 1. The standard InChI is InChI=1S/C25H22FN9O2S.3C2H6/c1-34-8-10-35(11-9-34)22-12-21(32-25-29-14-18(13-27)38-25)31-24(33-22)37-17-4-2-16(3-5-17)30-23(36)19-15-28-7-6-20(19)26;3*1-2/h2-7,12,14-15H,8-11H2,1H3,(H,30,36)(H,29,31,32,33);3*1-2H3. The Balaban J connectivity index is 0.00000106. The van der Waals surface area contributed by atoms with Crippen LogP contribution >= 0.6 is 11.3 Å². The van der Waals surface area contributed by atoms with Crippen molar-refractivity contribution < 1.29 is 13.9 Å². The molecule has 1 saturated heterocycles. The fraction of sp³-hybridized carbons (Fsp3) is 0.355. The van der Waals surface area contributed by atoms with E-state index in [0.29, 0.717) is 33.1 Å². The lowest BCUT2D eigenvalue weighted by atomic mass is 10.2. The molecule has 2 N–H and O–H groups in total. The van der Waals surface area contributed by atoms with Gasteiger partial charge in [0.25, 0.3) is 5.91 Å². The van der Waals surface area contributed by atoms with E-state index in [9.17, 15) is 9.18 Å². The number of pyridine rings is 1. The van der Waals surface area contributed by atoms with Crippen molar-refractivity contribution >= 4 is 39.7 Å². The average molecular weight is 622 g/mol. The molecule has 13 heteroatoms. The van der Waals surface area contributed by atoms with E-state index < -0.39 is 11.7 Å². The fourth-order valence-corrected chi connectivity index (χ4v) is 4.29. The molecular formula is C31H40FN9O2S. The summed E-state index contributed by atoms with van der Waals surface area (Å²) < 4.78 is 19.8. The summed E-state index contributed by atoms with van der Waals surface area (Å²) >= 11 is 1.22. The maximum atomic E-state index is 13.9. The zero-order valence-electron chi connectivity index (χ0n) is 26.3. The molecule has 1 aliphatic heterocycles. The van der Waals surface area contributed by atoms with Gasteiger partial charge in [-0.05, 0) is 37.4 Å². The van der Waals surface area contributed by atoms with E-state index in [1.165, 1.54) is 29.9 Å². The Morgan fingerprint density at radius 2 is 1.68 bits per heavy atom. The number of carbonyl (C=O) groups excluding carboxylic acids is 1. The van der Waals surface area contributed by atoms with Crippen molar-refractivity contribution in [3.63, 3.8) is 0 Å². The minimum Gasteiger partial charge on any atom is -0.424 e. The van der Waals surface area contributed by atoms with Gasteiger partial charge in [0.15, 0.2) is 5.13 Å². The molecule has 1 fully saturated rings. The summed E-state index contributed by atoms with van der Waals surface area (Å²) in [7, 11) is 2.08. The molecule has 1 aromatic carbocycles. The van der Waals surface area contributed by atoms with Crippen LogP contribution in [0.15, 0.2) is 55.0 Å². The highest BCUT2D eigenvalue weighted by atomic mass is 32.1. The second-order valence-electron chi connectivity index (χ2n) is 8.39. The minimum atomic E-state index is -0.652. The van der Waals surface area contributed by atoms with Gasteiger partial charge in [-0.15, -0.1) is 0 Å². The van der Waals surface area contributed by atoms with E-state index in [-0.39, 0.29) is 11.6 Å². The van der Waals surface area contributed by atoms with Gasteiger partial charge in [0, 0.05) is 50.3 Å². The van der Waals surface area contributed by atoms with Gasteiger partial charge in [0.1, 0.15) is 34.1 Å². The number of amides is 1. The van der Waals surface area contributed by atoms with Gasteiger partial charge >= 0.3 is 6.01 Å². The van der Waals surface area contributed by atoms with E-state index >= 15 is 0 Å². The number of ether oxygens (including phenoxy) is 1. The highest BCUT2D eigenvalue weighted by molar-refractivity contribution is 7.16. The number of nitrogens with zero attached hydrogens (tertiary/aromatic N) is 7. The molecule has 3 aromatic heterocycles. The molecule has 4 heterocycles. The van der Waals surface area contributed by atoms with Gasteiger partial charge in [0.05, 0.1) is 11.8 Å². The number of halogens is 1. The van der Waals surface area contributed by atoms with Gasteiger partial charge in [-0.3, -0.25) is 9.78 Å². The highest BCUT2D eigenvalue weighted by Gasteiger charge is 2.19. The number of likely N-dealkylation sites (N-methyl/N-ethyl adjacent to an activating group) is 1. The van der Waals surface area contributed by atoms with Crippen molar-refractivity contribution in [1.82, 2.24) is 24.8 Å². The summed E-state index contributed by atoms with van der Waals surface area (Å²) in [4.78, 5) is 34.3. The molecule has 0 aliphatic carbocycles. The van der Waals surface area contributed by atoms with Crippen LogP contribution in [0.25, 0.3) is 0 Å². The van der Waals surface area contributed by atoms with Crippen LogP contribution in [0.3, 0.4) is 0 Å². The van der Waals surface area contributed by atoms with Crippen LogP contribution in [0, 0.1) is 17.1 Å². The number of rotatable bonds is 7. The van der Waals surface area contributed by atoms with E-state index in [1.54, 1.807) is 24.3 Å². The molecular weight excluding hydrogens is 581 g/mol. The molecule has 4 aromatic rings. The van der Waals surface area contributed by atoms with E-state index in [0.717, 1.165) is 32.2 Å². The molecule has 0 saturated carbocycles. The SMILES string of the molecule is CC.CC.CC.CN1CCN(c2cc(Nc3ncc(C#N)s3)nc(Oc3ccc(NC(=O)c4cnccc4F)cc3)n2)CC1. The third-order valence-corrected chi connectivity index (χ3v) is 6.52. The fourth-order valence-electron chi connectivity index (χ4n) is 3.67. The normalized spacial score (nSPS) is 12.1. The van der Waals surface area contributed by atoms with Crippen molar-refractivity contribution in [1.29, 1.82) is 5.26 Å². The number of carbonyl (C=O) groups is 1. The lowest BCUT2D eigenvalue weighted by Gasteiger charge is -2.33. The minimum absolute atomic E-state index is 0.121. The number of anilines is 4. The summed E-state index contributed by atoms with van der Waals surface area (Å²) in [6.07, 6.45) is 3.95. The smallest absolute Gasteiger partial charge is 0.325 e. The zero-order chi connectivity index (χ0) is 32.5. The van der Waals surface area contributed by atoms with Gasteiger partial charge in [0.2, 0.25) is 0 Å². The van der Waals surface area contributed by atoms with Crippen LogP contribution < -0.4 is 20.3 Å². The van der Waals surface area contributed by atoms with Crippen LogP contribution in [-0.4, -0.2) is 64.0 Å². The van der Waals surface area contributed by atoms with Crippen molar-refractivity contribution in [2.24, 2.45) is 0 Å². The summed E-state index contributed by atoms with van der Waals surface area (Å²) in [5.41, 5.74) is 0.307. The summed E-state index contributed by atoms with van der Waals surface area (Å²) in [5, 5.41) is 15.4. The van der Waals surface area contributed by atoms with Crippen molar-refractivity contribution in [2.75, 3.05) is 48.8 Å². The van der Waals surface area contributed by atoms with Crippen LogP contribution in [0.5, 0.6) is 11.8 Å². The lowest BCUT2D eigenvalue weighted by molar-refractivity contribution is 0.102. The molecule has 1 aliphatic rings. The first-order chi connectivity index (χ1) is 21.5. The molecule has 5 rings (SSSR count). The largest absolute Gasteiger partial charge is 0.424 e. The molecule has 0 bridgehead atoms. The second kappa shape index (κ2) is 18.8. The van der Waals surface area contributed by atoms with Gasteiger partial charge in [-0.2, -0.15) is 15.2 Å². The molecule has 44 heavy (non-hydrogen) atoms. The van der Waals surface area contributed by atoms with Crippen molar-refractivity contribution in [3.05, 3.63) is 71.2 Å². The molecule has 0 unspecified atom stereocenters. The number of hydrogen-bond acceptors (Lipinski definition) is 11. The third-order valence-electron chi connectivity index (χ3n) is 5.70. The second-order valence-corrected chi connectivity index (χ2v) is 9.42. The number of hydrogen-bond donors (Lipinski definition) is 2. The van der Waals surface area contributed by atoms with Crippen LogP contribution in [0.2, 0.25) is 0 Å². The van der Waals surface area contributed by atoms with Gasteiger partial charge in [-0.25, -0.2) is 9.37 Å². The van der Waals surface area contributed by atoms with Crippen LogP contribution in [0.1, 0.15) is 56.8 Å². The molecule has 0 spiro atoms. The maximum Gasteiger partial charge on any atom is 0.325 e. The van der Waals surface area contributed by atoms with E-state index in [1.807, 2.05) is 47.6 Å². The first-order valence-electron chi connectivity index (χ1n) is 14.6. The number of aromatic nitrogens is 4. The van der Waals surface area contributed by atoms with E-state index in [2.05, 4.69) is 53.5 Å². The molecule has 0 radical (unpaired) electrons. The van der Waals surface area contributed by atoms with Crippen LogP contribution in [0.4, 0.5) is 26.8 Å². The number of nitrogens with one attached hydrogen (secondary N) is 2. The van der Waals surface area contributed by atoms with Crippen molar-refractivity contribution in [2.45, 2.75) is 41.5 Å². The summed E-state index contributed by atoms with van der Waals surface area (Å²) in [6, 6.07) is 11.7. The number of piperazine rings is 1. The number of benzene rings is 1. The lowest BCUT2D eigenvalue weighted by Crippen LogP contribution is -2.44. The Hall–Kier alpha value is -4.67. The van der Waals surface area contributed by atoms with Crippen molar-refractivity contribution in [3.8, 4) is 17.8 Å². The Labute approximate surface area is 262 Å². The Morgan fingerprint density at radius 3 is 2.30 bits per heavy atom. The zero-order valence-corrected chi connectivity index (χ0v) is 27.1. The topological polar surface area (TPSA) is 132 Å². The third kappa shape index (κ3) is 10.3. The quantitative estimate of drug-likeness (QED) is 0.223. The van der Waals surface area contributed by atoms with Gasteiger partial charge < -0.3 is 25.2 Å². The molecule has 11 nitrogen and oxygen atoms in total. The number of thiazole rings is 1. The monoisotopic (exact) mass is 621 g/mol. The first-order valence-corrected chi connectivity index (χ1v) is 15.4. The maximum absolute atomic E-state index is 13.9. The Bertz CT molecular complexity index is 1480. The average Bonchev–Trinajstić information content (AvgIpc) is 3.52. The molecule has 0 atom stereocenters. The summed E-state index contributed by atoms with van der Waals surface area (Å²) in [5.74, 6) is 0.360. The van der Waals surface area contributed by atoms with Gasteiger partial charge in [-0.1, -0.05) is 52.9 Å². The predicted molar refractivity (Wildman–Crippen MR) is 175 cm³/mol. The first kappa shape index (κ1) is 35.5. The Kier molecular flexibility index (Phi) is 15.2. The molecule has 1 amide bonds. The molecule has 234 valence electrons. The summed E-state index contributed by atoms with van der Waals surface area (Å²) in [6.45, 7) is 15.4. The predicted octanol–water partition coefficient (Wildman–Crippen LogP) is 6.96. The van der Waals surface area contributed by atoms with Crippen LogP contribution in [-0.2, 0) is 0 Å². The van der Waals surface area contributed by atoms with E-state index in [4.69, 9.17) is 10.00 Å². The Morgan fingerprint density at radius 1 is 1.00 bits per heavy atom. The highest BCUT2D eigenvalue weighted by Crippen LogP contribution is 2.28.